The van der Waals surface area contributed by atoms with Gasteiger partial charge in [0, 0.05) is 25.0 Å². The van der Waals surface area contributed by atoms with Gasteiger partial charge in [0.2, 0.25) is 5.91 Å². The Hall–Kier alpha value is -0.610. The van der Waals surface area contributed by atoms with Crippen molar-refractivity contribution >= 4 is 5.91 Å². The molecule has 2 N–H and O–H groups in total. The van der Waals surface area contributed by atoms with Crippen molar-refractivity contribution in [3.8, 4) is 0 Å². The summed E-state index contributed by atoms with van der Waals surface area (Å²) in [6, 6.07) is 0.231. The third kappa shape index (κ3) is 2.80. The Labute approximate surface area is 104 Å². The zero-order valence-corrected chi connectivity index (χ0v) is 11.7. The fourth-order valence-corrected chi connectivity index (χ4v) is 2.42. The van der Waals surface area contributed by atoms with Crippen molar-refractivity contribution in [1.82, 2.24) is 10.6 Å². The Morgan fingerprint density at radius 2 is 2.06 bits per heavy atom. The van der Waals surface area contributed by atoms with E-state index in [-0.39, 0.29) is 23.0 Å². The molecule has 0 aliphatic heterocycles. The van der Waals surface area contributed by atoms with Crippen molar-refractivity contribution < 1.29 is 9.53 Å². The molecule has 0 radical (unpaired) electrons. The van der Waals surface area contributed by atoms with Gasteiger partial charge in [0.25, 0.3) is 0 Å². The summed E-state index contributed by atoms with van der Waals surface area (Å²) in [5.41, 5.74) is -0.115. The predicted octanol–water partition coefficient (Wildman–Crippen LogP) is 1.31. The van der Waals surface area contributed by atoms with Gasteiger partial charge in [-0.2, -0.15) is 0 Å². The molecule has 0 bridgehead atoms. The van der Waals surface area contributed by atoms with Gasteiger partial charge >= 0.3 is 0 Å². The third-order valence-electron chi connectivity index (χ3n) is 4.44. The number of carbonyl (C=O) groups is 1. The fourth-order valence-electron chi connectivity index (χ4n) is 2.42. The smallest absolute Gasteiger partial charge is 0.220 e. The number of amides is 1. The molecular weight excluding hydrogens is 216 g/mol. The minimum absolute atomic E-state index is 0.000413. The number of nitrogens with one attached hydrogen (secondary N) is 2. The fraction of sp³-hybridized carbons (Fsp3) is 0.923. The van der Waals surface area contributed by atoms with Gasteiger partial charge in [-0.25, -0.2) is 0 Å². The summed E-state index contributed by atoms with van der Waals surface area (Å²) in [6.45, 7) is 7.30. The molecule has 1 rings (SSSR count). The molecule has 4 nitrogen and oxygen atoms in total. The maximum absolute atomic E-state index is 11.7. The first kappa shape index (κ1) is 14.5. The molecular formula is C13H26N2O2. The second-order valence-corrected chi connectivity index (χ2v) is 5.69. The minimum atomic E-state index is -0.115. The van der Waals surface area contributed by atoms with Crippen LogP contribution in [0.4, 0.5) is 0 Å². The molecule has 0 saturated heterocycles. The van der Waals surface area contributed by atoms with Crippen LogP contribution in [0, 0.1) is 5.41 Å². The molecule has 0 aromatic carbocycles. The van der Waals surface area contributed by atoms with Gasteiger partial charge in [-0.1, -0.05) is 13.8 Å². The van der Waals surface area contributed by atoms with Gasteiger partial charge in [0.05, 0.1) is 5.60 Å². The van der Waals surface area contributed by atoms with Crippen LogP contribution in [0.25, 0.3) is 0 Å². The van der Waals surface area contributed by atoms with E-state index in [0.29, 0.717) is 6.42 Å². The molecule has 1 amide bonds. The van der Waals surface area contributed by atoms with Crippen molar-refractivity contribution in [2.75, 3.05) is 20.7 Å². The molecule has 1 aliphatic carbocycles. The first-order chi connectivity index (χ1) is 7.87. The van der Waals surface area contributed by atoms with Gasteiger partial charge in [-0.05, 0) is 33.4 Å². The Morgan fingerprint density at radius 1 is 1.41 bits per heavy atom. The van der Waals surface area contributed by atoms with E-state index < -0.39 is 0 Å². The van der Waals surface area contributed by atoms with Crippen LogP contribution in [-0.2, 0) is 9.53 Å². The molecule has 100 valence electrons. The van der Waals surface area contributed by atoms with E-state index in [0.717, 1.165) is 19.4 Å². The number of carbonyl (C=O) groups excluding carboxylic acids is 1. The quantitative estimate of drug-likeness (QED) is 0.690. The normalized spacial score (nSPS) is 30.8. The van der Waals surface area contributed by atoms with E-state index in [1.54, 1.807) is 7.11 Å². The third-order valence-corrected chi connectivity index (χ3v) is 4.44. The molecule has 1 aliphatic rings. The van der Waals surface area contributed by atoms with E-state index in [9.17, 15) is 4.79 Å². The van der Waals surface area contributed by atoms with Crippen LogP contribution in [0.15, 0.2) is 0 Å². The second-order valence-electron chi connectivity index (χ2n) is 5.69. The second kappa shape index (κ2) is 5.36. The molecule has 0 aromatic heterocycles. The SMILES string of the molecule is CNCCCC(=O)NC1CC(C)(OC)C1(C)C. The minimum Gasteiger partial charge on any atom is -0.378 e. The lowest BCUT2D eigenvalue weighted by atomic mass is 9.56. The van der Waals surface area contributed by atoms with E-state index >= 15 is 0 Å². The Balaban J connectivity index is 2.37. The predicted molar refractivity (Wildman–Crippen MR) is 68.9 cm³/mol. The summed E-state index contributed by atoms with van der Waals surface area (Å²) in [4.78, 5) is 11.7. The summed E-state index contributed by atoms with van der Waals surface area (Å²) in [5, 5.41) is 6.15. The maximum Gasteiger partial charge on any atom is 0.220 e. The van der Waals surface area contributed by atoms with Crippen LogP contribution in [-0.4, -0.2) is 38.3 Å². The van der Waals surface area contributed by atoms with Crippen LogP contribution < -0.4 is 10.6 Å². The largest absolute Gasteiger partial charge is 0.378 e. The first-order valence-electron chi connectivity index (χ1n) is 6.36. The standard InChI is InChI=1S/C13H26N2O2/c1-12(2)10(9-13(12,3)17-5)15-11(16)7-6-8-14-4/h10,14H,6-9H2,1-5H3,(H,15,16). The molecule has 0 spiro atoms. The van der Waals surface area contributed by atoms with Crippen LogP contribution in [0.3, 0.4) is 0 Å². The molecule has 4 heteroatoms. The first-order valence-corrected chi connectivity index (χ1v) is 6.36. The highest BCUT2D eigenvalue weighted by atomic mass is 16.5. The lowest BCUT2D eigenvalue weighted by molar-refractivity contribution is -0.182. The van der Waals surface area contributed by atoms with Crippen LogP contribution >= 0.6 is 0 Å². The number of methoxy groups -OCH3 is 1. The lowest BCUT2D eigenvalue weighted by Gasteiger charge is -2.59. The Bertz CT molecular complexity index is 279. The van der Waals surface area contributed by atoms with Crippen molar-refractivity contribution in [3.05, 3.63) is 0 Å². The summed E-state index contributed by atoms with van der Waals surface area (Å²) in [5.74, 6) is 0.150. The highest BCUT2D eigenvalue weighted by Gasteiger charge is 2.58. The zero-order valence-electron chi connectivity index (χ0n) is 11.7. The van der Waals surface area contributed by atoms with E-state index in [1.165, 1.54) is 0 Å². The average Bonchev–Trinajstić information content (AvgIpc) is 2.28. The molecule has 17 heavy (non-hydrogen) atoms. The van der Waals surface area contributed by atoms with Crippen LogP contribution in [0.1, 0.15) is 40.0 Å². The topological polar surface area (TPSA) is 50.4 Å². The van der Waals surface area contributed by atoms with Gasteiger partial charge < -0.3 is 15.4 Å². The number of rotatable bonds is 6. The molecule has 0 heterocycles. The van der Waals surface area contributed by atoms with Gasteiger partial charge in [-0.15, -0.1) is 0 Å². The van der Waals surface area contributed by atoms with Crippen LogP contribution in [0.2, 0.25) is 0 Å². The molecule has 2 unspecified atom stereocenters. The highest BCUT2D eigenvalue weighted by Crippen LogP contribution is 2.51. The molecule has 2 atom stereocenters. The molecule has 1 fully saturated rings. The molecule has 0 aromatic rings. The van der Waals surface area contributed by atoms with Crippen molar-refractivity contribution in [2.45, 2.75) is 51.7 Å². The van der Waals surface area contributed by atoms with Gasteiger partial charge in [-0.3, -0.25) is 4.79 Å². The summed E-state index contributed by atoms with van der Waals surface area (Å²) in [6.07, 6.45) is 2.38. The average molecular weight is 242 g/mol. The maximum atomic E-state index is 11.7. The number of hydrogen-bond donors (Lipinski definition) is 2. The lowest BCUT2D eigenvalue weighted by Crippen LogP contribution is -2.68. The summed E-state index contributed by atoms with van der Waals surface area (Å²) in [7, 11) is 3.64. The van der Waals surface area contributed by atoms with E-state index in [2.05, 4.69) is 31.4 Å². The van der Waals surface area contributed by atoms with E-state index in [4.69, 9.17) is 4.74 Å². The Kier molecular flexibility index (Phi) is 4.55. The van der Waals surface area contributed by atoms with E-state index in [1.807, 2.05) is 7.05 Å². The summed E-state index contributed by atoms with van der Waals surface area (Å²) >= 11 is 0. The zero-order chi connectivity index (χ0) is 13.1. The highest BCUT2D eigenvalue weighted by molar-refractivity contribution is 5.76. The van der Waals surface area contributed by atoms with Gasteiger partial charge in [0.15, 0.2) is 0 Å². The van der Waals surface area contributed by atoms with Crippen LogP contribution in [0.5, 0.6) is 0 Å². The number of hydrogen-bond acceptors (Lipinski definition) is 3. The van der Waals surface area contributed by atoms with Crippen molar-refractivity contribution in [2.24, 2.45) is 5.41 Å². The van der Waals surface area contributed by atoms with Crippen molar-refractivity contribution in [1.29, 1.82) is 0 Å². The van der Waals surface area contributed by atoms with Crippen molar-refractivity contribution in [3.63, 3.8) is 0 Å². The monoisotopic (exact) mass is 242 g/mol. The Morgan fingerprint density at radius 3 is 2.53 bits per heavy atom. The summed E-state index contributed by atoms with van der Waals surface area (Å²) < 4.78 is 5.54. The van der Waals surface area contributed by atoms with Gasteiger partial charge in [0.1, 0.15) is 0 Å². The molecule has 1 saturated carbocycles. The number of ether oxygens (including phenoxy) is 1.